The van der Waals surface area contributed by atoms with Crippen LogP contribution in [0.4, 0.5) is 4.39 Å². The molecule has 1 N–H and O–H groups in total. The van der Waals surface area contributed by atoms with Gasteiger partial charge in [-0.1, -0.05) is 36.9 Å². The molecule has 1 aliphatic carbocycles. The monoisotopic (exact) mass is 269 g/mol. The van der Waals surface area contributed by atoms with Crippen LogP contribution >= 0.6 is 11.6 Å². The molecule has 2 rings (SSSR count). The summed E-state index contributed by atoms with van der Waals surface area (Å²) in [6, 6.07) is 5.11. The first kappa shape index (κ1) is 13.8. The Hall–Kier alpha value is -0.600. The molecule has 100 valence electrons. The molecule has 18 heavy (non-hydrogen) atoms. The van der Waals surface area contributed by atoms with E-state index in [0.29, 0.717) is 11.1 Å². The molecule has 0 aliphatic heterocycles. The Bertz CT molecular complexity index is 388. The van der Waals surface area contributed by atoms with E-state index in [-0.39, 0.29) is 5.82 Å². The van der Waals surface area contributed by atoms with Crippen LogP contribution in [0.2, 0.25) is 5.02 Å². The Morgan fingerprint density at radius 1 is 1.33 bits per heavy atom. The molecule has 1 atom stereocenters. The van der Waals surface area contributed by atoms with Crippen molar-refractivity contribution in [3.05, 3.63) is 34.6 Å². The molecule has 0 spiro atoms. The maximum absolute atomic E-state index is 12.9. The van der Waals surface area contributed by atoms with Gasteiger partial charge in [0.15, 0.2) is 0 Å². The molecule has 1 aromatic rings. The molecule has 1 nitrogen and oxygen atoms in total. The zero-order valence-electron chi connectivity index (χ0n) is 10.9. The van der Waals surface area contributed by atoms with Crippen LogP contribution in [-0.4, -0.2) is 6.04 Å². The zero-order chi connectivity index (χ0) is 13.0. The van der Waals surface area contributed by atoms with Crippen LogP contribution in [0.5, 0.6) is 0 Å². The fraction of sp³-hybridized carbons (Fsp3) is 0.600. The lowest BCUT2D eigenvalue weighted by atomic mass is 9.84. The predicted molar refractivity (Wildman–Crippen MR) is 74.3 cm³/mol. The first-order valence-corrected chi connectivity index (χ1v) is 7.22. The summed E-state index contributed by atoms with van der Waals surface area (Å²) in [6.45, 7) is 2.96. The van der Waals surface area contributed by atoms with Crippen LogP contribution in [0.3, 0.4) is 0 Å². The van der Waals surface area contributed by atoms with Gasteiger partial charge >= 0.3 is 0 Å². The highest BCUT2D eigenvalue weighted by Crippen LogP contribution is 2.26. The lowest BCUT2D eigenvalue weighted by molar-refractivity contribution is 0.280. The van der Waals surface area contributed by atoms with E-state index in [1.54, 1.807) is 6.07 Å². The maximum atomic E-state index is 12.9. The Labute approximate surface area is 114 Å². The molecular weight excluding hydrogens is 249 g/mol. The van der Waals surface area contributed by atoms with Crippen molar-refractivity contribution in [2.24, 2.45) is 5.92 Å². The average molecular weight is 270 g/mol. The average Bonchev–Trinajstić information content (AvgIpc) is 2.38. The number of hydrogen-bond acceptors (Lipinski definition) is 1. The van der Waals surface area contributed by atoms with E-state index in [2.05, 4.69) is 12.2 Å². The fourth-order valence-electron chi connectivity index (χ4n) is 2.74. The lowest BCUT2D eigenvalue weighted by Gasteiger charge is -2.28. The van der Waals surface area contributed by atoms with Gasteiger partial charge in [-0.3, -0.25) is 0 Å². The number of halogens is 2. The van der Waals surface area contributed by atoms with Crippen molar-refractivity contribution in [1.82, 2.24) is 5.32 Å². The SMILES string of the molecule is C[C@H](NCc1ccc(F)cc1Cl)C1CCCCC1. The molecule has 0 unspecified atom stereocenters. The Morgan fingerprint density at radius 3 is 2.72 bits per heavy atom. The van der Waals surface area contributed by atoms with E-state index in [4.69, 9.17) is 11.6 Å². The molecule has 0 amide bonds. The summed E-state index contributed by atoms with van der Waals surface area (Å²) in [5.41, 5.74) is 0.973. The predicted octanol–water partition coefficient (Wildman–Crippen LogP) is 4.54. The van der Waals surface area contributed by atoms with E-state index in [9.17, 15) is 4.39 Å². The third-order valence-corrected chi connectivity index (χ3v) is 4.34. The topological polar surface area (TPSA) is 12.0 Å². The van der Waals surface area contributed by atoms with Crippen LogP contribution in [0.25, 0.3) is 0 Å². The van der Waals surface area contributed by atoms with Gasteiger partial charge < -0.3 is 5.32 Å². The molecule has 1 fully saturated rings. The molecule has 0 saturated heterocycles. The van der Waals surface area contributed by atoms with Crippen molar-refractivity contribution in [3.63, 3.8) is 0 Å². The first-order valence-electron chi connectivity index (χ1n) is 6.84. The normalized spacial score (nSPS) is 18.8. The second kappa shape index (κ2) is 6.53. The first-order chi connectivity index (χ1) is 8.66. The second-order valence-electron chi connectivity index (χ2n) is 5.30. The second-order valence-corrected chi connectivity index (χ2v) is 5.71. The van der Waals surface area contributed by atoms with Gasteiger partial charge in [0.05, 0.1) is 0 Å². The third kappa shape index (κ3) is 3.69. The summed E-state index contributed by atoms with van der Waals surface area (Å²) in [5.74, 6) is 0.502. The van der Waals surface area contributed by atoms with E-state index in [0.717, 1.165) is 18.0 Å². The molecular formula is C15H21ClFN. The van der Waals surface area contributed by atoms with Gasteiger partial charge in [-0.05, 0) is 43.4 Å². The third-order valence-electron chi connectivity index (χ3n) is 3.99. The van der Waals surface area contributed by atoms with Gasteiger partial charge in [-0.25, -0.2) is 4.39 Å². The highest BCUT2D eigenvalue weighted by Gasteiger charge is 2.19. The van der Waals surface area contributed by atoms with Gasteiger partial charge in [0.25, 0.3) is 0 Å². The molecule has 0 radical (unpaired) electrons. The summed E-state index contributed by atoms with van der Waals surface area (Å²) in [4.78, 5) is 0. The highest BCUT2D eigenvalue weighted by molar-refractivity contribution is 6.31. The number of benzene rings is 1. The van der Waals surface area contributed by atoms with Crippen molar-refractivity contribution < 1.29 is 4.39 Å². The van der Waals surface area contributed by atoms with E-state index < -0.39 is 0 Å². The smallest absolute Gasteiger partial charge is 0.124 e. The summed E-state index contributed by atoms with van der Waals surface area (Å²) in [5, 5.41) is 4.03. The molecule has 0 bridgehead atoms. The largest absolute Gasteiger partial charge is 0.310 e. The Balaban J connectivity index is 1.86. The summed E-state index contributed by atoms with van der Waals surface area (Å²) < 4.78 is 12.9. The van der Waals surface area contributed by atoms with Crippen LogP contribution < -0.4 is 5.32 Å². The van der Waals surface area contributed by atoms with Gasteiger partial charge in [-0.15, -0.1) is 0 Å². The van der Waals surface area contributed by atoms with Crippen LogP contribution in [0.15, 0.2) is 18.2 Å². The summed E-state index contributed by atoms with van der Waals surface area (Å²) in [7, 11) is 0. The van der Waals surface area contributed by atoms with Gasteiger partial charge in [-0.2, -0.15) is 0 Å². The number of hydrogen-bond donors (Lipinski definition) is 1. The van der Waals surface area contributed by atoms with E-state index in [1.807, 2.05) is 0 Å². The minimum Gasteiger partial charge on any atom is -0.310 e. The Kier molecular flexibility index (Phi) is 5.02. The van der Waals surface area contributed by atoms with Crippen LogP contribution in [0, 0.1) is 11.7 Å². The minimum atomic E-state index is -0.274. The zero-order valence-corrected chi connectivity index (χ0v) is 11.6. The standard InChI is InChI=1S/C15H21ClFN/c1-11(12-5-3-2-4-6-12)18-10-13-7-8-14(17)9-15(13)16/h7-9,11-12,18H,2-6,10H2,1H3/t11-/m0/s1. The molecule has 0 heterocycles. The molecule has 1 aliphatic rings. The van der Waals surface area contributed by atoms with Crippen molar-refractivity contribution in [2.45, 2.75) is 51.6 Å². The molecule has 3 heteroatoms. The van der Waals surface area contributed by atoms with Gasteiger partial charge in [0.1, 0.15) is 5.82 Å². The minimum absolute atomic E-state index is 0.274. The summed E-state index contributed by atoms with van der Waals surface area (Å²) in [6.07, 6.45) is 6.74. The molecule has 1 saturated carbocycles. The van der Waals surface area contributed by atoms with E-state index in [1.165, 1.54) is 44.2 Å². The fourth-order valence-corrected chi connectivity index (χ4v) is 2.97. The number of nitrogens with one attached hydrogen (secondary N) is 1. The highest BCUT2D eigenvalue weighted by atomic mass is 35.5. The van der Waals surface area contributed by atoms with Crippen molar-refractivity contribution >= 4 is 11.6 Å². The van der Waals surface area contributed by atoms with Crippen LogP contribution in [-0.2, 0) is 6.54 Å². The summed E-state index contributed by atoms with van der Waals surface area (Å²) >= 11 is 6.02. The van der Waals surface area contributed by atoms with Crippen molar-refractivity contribution in [1.29, 1.82) is 0 Å². The molecule has 0 aromatic heterocycles. The van der Waals surface area contributed by atoms with Crippen molar-refractivity contribution in [3.8, 4) is 0 Å². The lowest BCUT2D eigenvalue weighted by Crippen LogP contribution is -2.34. The number of rotatable bonds is 4. The molecule has 1 aromatic carbocycles. The maximum Gasteiger partial charge on any atom is 0.124 e. The van der Waals surface area contributed by atoms with Gasteiger partial charge in [0.2, 0.25) is 0 Å². The van der Waals surface area contributed by atoms with Crippen molar-refractivity contribution in [2.75, 3.05) is 0 Å². The quantitative estimate of drug-likeness (QED) is 0.846. The van der Waals surface area contributed by atoms with Crippen LogP contribution in [0.1, 0.15) is 44.6 Å². The van der Waals surface area contributed by atoms with Gasteiger partial charge in [0, 0.05) is 17.6 Å². The Morgan fingerprint density at radius 2 is 2.06 bits per heavy atom. The van der Waals surface area contributed by atoms with E-state index >= 15 is 0 Å².